The zero-order chi connectivity index (χ0) is 27.6. The molecule has 0 radical (unpaired) electrons. The molecule has 0 unspecified atom stereocenters. The molecule has 0 aromatic heterocycles. The van der Waals surface area contributed by atoms with Crippen molar-refractivity contribution >= 4 is 38.1 Å². The minimum Gasteiger partial charge on any atom is -0.497 e. The fraction of sp³-hybridized carbons (Fsp3) is 0.233. The van der Waals surface area contributed by atoms with Crippen molar-refractivity contribution in [3.05, 3.63) is 90.5 Å². The lowest BCUT2D eigenvalue weighted by molar-refractivity contribution is 0.0748. The number of anilines is 2. The van der Waals surface area contributed by atoms with Crippen molar-refractivity contribution in [2.75, 3.05) is 56.7 Å². The molecule has 4 aromatic rings. The van der Waals surface area contributed by atoms with Gasteiger partial charge in [-0.1, -0.05) is 36.4 Å². The Morgan fingerprint density at radius 3 is 2.21 bits per heavy atom. The summed E-state index contributed by atoms with van der Waals surface area (Å²) < 4.78 is 39.0. The van der Waals surface area contributed by atoms with Crippen LogP contribution in [0.4, 0.5) is 11.4 Å². The SMILES string of the molecule is COc1ccc(N(C)S(=O)(=O)c2ccc(OC)c(N3CCN(C(=O)c4cccc5ccccc45)CC3)c2)cc1. The maximum Gasteiger partial charge on any atom is 0.264 e. The largest absolute Gasteiger partial charge is 0.497 e. The van der Waals surface area contributed by atoms with Gasteiger partial charge in [0.05, 0.1) is 30.5 Å². The normalized spacial score (nSPS) is 13.8. The molecule has 0 aliphatic carbocycles. The van der Waals surface area contributed by atoms with Crippen LogP contribution in [0.25, 0.3) is 10.8 Å². The van der Waals surface area contributed by atoms with Gasteiger partial charge in [-0.2, -0.15) is 0 Å². The first-order valence-corrected chi connectivity index (χ1v) is 14.1. The summed E-state index contributed by atoms with van der Waals surface area (Å²) in [4.78, 5) is 17.5. The van der Waals surface area contributed by atoms with Crippen molar-refractivity contribution in [1.82, 2.24) is 4.90 Å². The second kappa shape index (κ2) is 10.9. The number of piperazine rings is 1. The van der Waals surface area contributed by atoms with Crippen LogP contribution in [0.3, 0.4) is 0 Å². The standard InChI is InChI=1S/C30H31N3O5S/c1-31(23-11-13-24(37-2)14-12-23)39(35,36)25-15-16-29(38-3)28(21-25)32-17-19-33(20-18-32)30(34)27-10-6-8-22-7-4-5-9-26(22)27/h4-16,21H,17-20H2,1-3H3. The maximum atomic E-state index is 13.5. The molecular formula is C30H31N3O5S. The number of carbonyl (C=O) groups excluding carboxylic acids is 1. The van der Waals surface area contributed by atoms with Gasteiger partial charge in [0.25, 0.3) is 15.9 Å². The number of hydrogen-bond donors (Lipinski definition) is 0. The Labute approximate surface area is 229 Å². The van der Waals surface area contributed by atoms with Crippen LogP contribution in [0.1, 0.15) is 10.4 Å². The predicted molar refractivity (Wildman–Crippen MR) is 154 cm³/mol. The molecule has 8 nitrogen and oxygen atoms in total. The van der Waals surface area contributed by atoms with Crippen molar-refractivity contribution < 1.29 is 22.7 Å². The molecule has 0 spiro atoms. The first kappa shape index (κ1) is 26.4. The van der Waals surface area contributed by atoms with Crippen LogP contribution in [0.2, 0.25) is 0 Å². The Hall–Kier alpha value is -4.24. The zero-order valence-corrected chi connectivity index (χ0v) is 23.0. The fourth-order valence-electron chi connectivity index (χ4n) is 4.90. The van der Waals surface area contributed by atoms with E-state index in [4.69, 9.17) is 9.47 Å². The van der Waals surface area contributed by atoms with Crippen molar-refractivity contribution in [2.45, 2.75) is 4.90 Å². The number of methoxy groups -OCH3 is 2. The van der Waals surface area contributed by atoms with Crippen LogP contribution in [-0.4, -0.2) is 66.7 Å². The van der Waals surface area contributed by atoms with Gasteiger partial charge in [0.2, 0.25) is 0 Å². The van der Waals surface area contributed by atoms with E-state index < -0.39 is 10.0 Å². The van der Waals surface area contributed by atoms with E-state index in [1.54, 1.807) is 56.7 Å². The number of carbonyl (C=O) groups is 1. The summed E-state index contributed by atoms with van der Waals surface area (Å²) in [5.74, 6) is 1.22. The monoisotopic (exact) mass is 545 g/mol. The van der Waals surface area contributed by atoms with Gasteiger partial charge >= 0.3 is 0 Å². The van der Waals surface area contributed by atoms with E-state index in [2.05, 4.69) is 4.90 Å². The van der Waals surface area contributed by atoms with Crippen molar-refractivity contribution in [1.29, 1.82) is 0 Å². The molecule has 4 aromatic carbocycles. The van der Waals surface area contributed by atoms with Crippen molar-refractivity contribution in [3.8, 4) is 11.5 Å². The molecule has 1 saturated heterocycles. The Bertz CT molecular complexity index is 1590. The molecule has 0 N–H and O–H groups in total. The van der Waals surface area contributed by atoms with Gasteiger partial charge < -0.3 is 19.3 Å². The minimum atomic E-state index is -3.83. The molecule has 1 heterocycles. The van der Waals surface area contributed by atoms with Crippen molar-refractivity contribution in [3.63, 3.8) is 0 Å². The highest BCUT2D eigenvalue weighted by Crippen LogP contribution is 2.34. The Kier molecular flexibility index (Phi) is 7.34. The van der Waals surface area contributed by atoms with Gasteiger partial charge in [0.1, 0.15) is 11.5 Å². The van der Waals surface area contributed by atoms with Gasteiger partial charge in [-0.05, 0) is 59.3 Å². The summed E-state index contributed by atoms with van der Waals surface area (Å²) in [6, 6.07) is 25.4. The number of rotatable bonds is 7. The van der Waals surface area contributed by atoms with Gasteiger partial charge in [-0.3, -0.25) is 9.10 Å². The van der Waals surface area contributed by atoms with Crippen LogP contribution in [0.5, 0.6) is 11.5 Å². The summed E-state index contributed by atoms with van der Waals surface area (Å²) in [6.07, 6.45) is 0. The third-order valence-corrected chi connectivity index (χ3v) is 8.95. The number of benzene rings is 4. The first-order chi connectivity index (χ1) is 18.8. The minimum absolute atomic E-state index is 0.00383. The molecule has 0 atom stereocenters. The Balaban J connectivity index is 1.36. The summed E-state index contributed by atoms with van der Waals surface area (Å²) in [5.41, 5.74) is 1.89. The molecule has 1 amide bonds. The summed E-state index contributed by atoms with van der Waals surface area (Å²) in [7, 11) is 0.823. The van der Waals surface area contributed by atoms with Crippen LogP contribution >= 0.6 is 0 Å². The predicted octanol–water partition coefficient (Wildman–Crippen LogP) is 4.64. The molecule has 1 fully saturated rings. The smallest absolute Gasteiger partial charge is 0.264 e. The lowest BCUT2D eigenvalue weighted by Crippen LogP contribution is -2.49. The molecule has 1 aliphatic heterocycles. The second-order valence-corrected chi connectivity index (χ2v) is 11.3. The van der Waals surface area contributed by atoms with Crippen LogP contribution in [0.15, 0.2) is 89.8 Å². The number of fused-ring (bicyclic) bond motifs is 1. The Morgan fingerprint density at radius 2 is 1.51 bits per heavy atom. The maximum absolute atomic E-state index is 13.5. The second-order valence-electron chi connectivity index (χ2n) is 9.31. The van der Waals surface area contributed by atoms with Crippen LogP contribution in [-0.2, 0) is 10.0 Å². The van der Waals surface area contributed by atoms with E-state index in [-0.39, 0.29) is 10.8 Å². The number of ether oxygens (including phenoxy) is 2. The van der Waals surface area contributed by atoms with E-state index >= 15 is 0 Å². The Morgan fingerprint density at radius 1 is 0.821 bits per heavy atom. The summed E-state index contributed by atoms with van der Waals surface area (Å²) >= 11 is 0. The van der Waals surface area contributed by atoms with Crippen LogP contribution in [0, 0.1) is 0 Å². The average molecular weight is 546 g/mol. The zero-order valence-electron chi connectivity index (χ0n) is 22.2. The average Bonchev–Trinajstić information content (AvgIpc) is 2.99. The van der Waals surface area contributed by atoms with Gasteiger partial charge in [-0.25, -0.2) is 8.42 Å². The number of hydrogen-bond acceptors (Lipinski definition) is 6. The van der Waals surface area contributed by atoms with E-state index in [9.17, 15) is 13.2 Å². The van der Waals surface area contributed by atoms with Gasteiger partial charge in [0.15, 0.2) is 0 Å². The summed E-state index contributed by atoms with van der Waals surface area (Å²) in [5, 5.41) is 1.97. The van der Waals surface area contributed by atoms with Gasteiger partial charge in [0, 0.05) is 38.8 Å². The highest BCUT2D eigenvalue weighted by Gasteiger charge is 2.28. The van der Waals surface area contributed by atoms with Crippen molar-refractivity contribution in [2.24, 2.45) is 0 Å². The topological polar surface area (TPSA) is 79.4 Å². The molecule has 0 saturated carbocycles. The molecule has 39 heavy (non-hydrogen) atoms. The lowest BCUT2D eigenvalue weighted by Gasteiger charge is -2.37. The van der Waals surface area contributed by atoms with Gasteiger partial charge in [-0.15, -0.1) is 0 Å². The molecule has 1 aliphatic rings. The highest BCUT2D eigenvalue weighted by atomic mass is 32.2. The first-order valence-electron chi connectivity index (χ1n) is 12.7. The quantitative estimate of drug-likeness (QED) is 0.337. The molecule has 5 rings (SSSR count). The summed E-state index contributed by atoms with van der Waals surface area (Å²) in [6.45, 7) is 2.11. The fourth-order valence-corrected chi connectivity index (χ4v) is 6.12. The lowest BCUT2D eigenvalue weighted by atomic mass is 10.0. The number of nitrogens with zero attached hydrogens (tertiary/aromatic N) is 3. The third-order valence-electron chi connectivity index (χ3n) is 7.17. The van der Waals surface area contributed by atoms with E-state index in [0.29, 0.717) is 54.6 Å². The van der Waals surface area contributed by atoms with Crippen LogP contribution < -0.4 is 18.7 Å². The molecular weight excluding hydrogens is 514 g/mol. The molecule has 0 bridgehead atoms. The number of sulfonamides is 1. The molecule has 9 heteroatoms. The van der Waals surface area contributed by atoms with E-state index in [1.165, 1.54) is 11.4 Å². The third kappa shape index (κ3) is 5.09. The number of amides is 1. The highest BCUT2D eigenvalue weighted by molar-refractivity contribution is 7.92. The van der Waals surface area contributed by atoms with E-state index in [1.807, 2.05) is 47.4 Å². The molecule has 202 valence electrons. The van der Waals surface area contributed by atoms with E-state index in [0.717, 1.165) is 10.8 Å².